The molecule has 0 saturated carbocycles. The summed E-state index contributed by atoms with van der Waals surface area (Å²) in [6.07, 6.45) is 0.360. The normalized spacial score (nSPS) is 12.1. The van der Waals surface area contributed by atoms with Crippen molar-refractivity contribution >= 4 is 34.6 Å². The second-order valence-corrected chi connectivity index (χ2v) is 5.87. The number of aromatic nitrogens is 1. The Kier molecular flexibility index (Phi) is 4.51. The molecule has 0 aliphatic rings. The molecule has 0 aromatic carbocycles. The van der Waals surface area contributed by atoms with Gasteiger partial charge in [-0.05, 0) is 17.9 Å². The van der Waals surface area contributed by atoms with E-state index in [1.54, 1.807) is 23.6 Å². The van der Waals surface area contributed by atoms with E-state index in [4.69, 9.17) is 5.11 Å². The highest BCUT2D eigenvalue weighted by Crippen LogP contribution is 2.26. The predicted octanol–water partition coefficient (Wildman–Crippen LogP) is 2.81. The zero-order chi connectivity index (χ0) is 14.7. The zero-order valence-electron chi connectivity index (χ0n) is 11.1. The third kappa shape index (κ3) is 2.88. The molecule has 106 valence electrons. The zero-order valence-corrected chi connectivity index (χ0v) is 12.7. The molecule has 7 heteroatoms. The quantitative estimate of drug-likeness (QED) is 0.922. The second kappa shape index (κ2) is 6.15. The van der Waals surface area contributed by atoms with E-state index in [0.29, 0.717) is 12.1 Å². The van der Waals surface area contributed by atoms with Gasteiger partial charge in [0, 0.05) is 23.4 Å². The van der Waals surface area contributed by atoms with Gasteiger partial charge in [0.25, 0.3) is 5.91 Å². The summed E-state index contributed by atoms with van der Waals surface area (Å²) in [5.74, 6) is -1.37. The van der Waals surface area contributed by atoms with Gasteiger partial charge in [-0.25, -0.2) is 9.78 Å². The molecule has 1 amide bonds. The van der Waals surface area contributed by atoms with Crippen molar-refractivity contribution in [3.8, 4) is 10.6 Å². The van der Waals surface area contributed by atoms with Gasteiger partial charge in [0.15, 0.2) is 0 Å². The van der Waals surface area contributed by atoms with Crippen LogP contribution in [0.4, 0.5) is 0 Å². The minimum Gasteiger partial charge on any atom is -0.480 e. The minimum absolute atomic E-state index is 0.290. The van der Waals surface area contributed by atoms with Gasteiger partial charge in [-0.2, -0.15) is 11.3 Å². The summed E-state index contributed by atoms with van der Waals surface area (Å²) in [4.78, 5) is 28.9. The Morgan fingerprint density at radius 3 is 2.75 bits per heavy atom. The topological polar surface area (TPSA) is 70.5 Å². The fraction of sp³-hybridized carbons (Fsp3) is 0.308. The first-order valence-corrected chi connectivity index (χ1v) is 7.85. The molecule has 0 spiro atoms. The van der Waals surface area contributed by atoms with E-state index in [0.717, 1.165) is 10.6 Å². The molecule has 1 N–H and O–H groups in total. The third-order valence-electron chi connectivity index (χ3n) is 2.95. The van der Waals surface area contributed by atoms with Crippen LogP contribution in [0.25, 0.3) is 10.6 Å². The Bertz CT molecular complexity index is 607. The van der Waals surface area contributed by atoms with Crippen molar-refractivity contribution in [2.24, 2.45) is 0 Å². The van der Waals surface area contributed by atoms with Crippen LogP contribution in [0.1, 0.15) is 23.8 Å². The molecule has 0 aliphatic carbocycles. The largest absolute Gasteiger partial charge is 0.480 e. The van der Waals surface area contributed by atoms with E-state index in [-0.39, 0.29) is 5.91 Å². The van der Waals surface area contributed by atoms with Gasteiger partial charge in [-0.15, -0.1) is 11.3 Å². The van der Waals surface area contributed by atoms with Crippen LogP contribution in [0, 0.1) is 0 Å². The summed E-state index contributed by atoms with van der Waals surface area (Å²) >= 11 is 2.95. The predicted molar refractivity (Wildman–Crippen MR) is 79.2 cm³/mol. The Hall–Kier alpha value is -1.73. The number of amides is 1. The highest BCUT2D eigenvalue weighted by Gasteiger charge is 2.27. The van der Waals surface area contributed by atoms with Gasteiger partial charge < -0.3 is 10.0 Å². The lowest BCUT2D eigenvalue weighted by Gasteiger charge is -2.22. The highest BCUT2D eigenvalue weighted by atomic mass is 32.1. The number of likely N-dealkylation sites (N-methyl/N-ethyl adjacent to an activating group) is 1. The number of rotatable bonds is 5. The molecule has 5 nitrogen and oxygen atoms in total. The lowest BCUT2D eigenvalue weighted by molar-refractivity contribution is -0.142. The molecule has 0 fully saturated rings. The maximum atomic E-state index is 12.2. The number of nitrogens with zero attached hydrogens (tertiary/aromatic N) is 2. The number of hydrogen-bond acceptors (Lipinski definition) is 5. The summed E-state index contributed by atoms with van der Waals surface area (Å²) in [7, 11) is 1.49. The summed E-state index contributed by atoms with van der Waals surface area (Å²) in [5.41, 5.74) is 1.27. The number of thiophene rings is 1. The molecule has 20 heavy (non-hydrogen) atoms. The first-order valence-electron chi connectivity index (χ1n) is 6.02. The molecule has 2 aromatic heterocycles. The molecule has 0 aliphatic heterocycles. The molecular weight excluding hydrogens is 296 g/mol. The van der Waals surface area contributed by atoms with Crippen molar-refractivity contribution < 1.29 is 14.7 Å². The van der Waals surface area contributed by atoms with Gasteiger partial charge in [-0.1, -0.05) is 6.92 Å². The smallest absolute Gasteiger partial charge is 0.326 e. The molecule has 2 rings (SSSR count). The van der Waals surface area contributed by atoms with Crippen LogP contribution in [0.3, 0.4) is 0 Å². The maximum absolute atomic E-state index is 12.2. The van der Waals surface area contributed by atoms with Gasteiger partial charge in [0.1, 0.15) is 16.7 Å². The lowest BCUT2D eigenvalue weighted by atomic mass is 10.2. The Labute approximate surface area is 124 Å². The second-order valence-electron chi connectivity index (χ2n) is 4.23. The molecule has 1 atom stereocenters. The van der Waals surface area contributed by atoms with E-state index in [1.807, 2.05) is 16.8 Å². The maximum Gasteiger partial charge on any atom is 0.326 e. The lowest BCUT2D eigenvalue weighted by Crippen LogP contribution is -2.42. The van der Waals surface area contributed by atoms with Crippen LogP contribution < -0.4 is 0 Å². The van der Waals surface area contributed by atoms with E-state index in [2.05, 4.69) is 4.98 Å². The van der Waals surface area contributed by atoms with Crippen molar-refractivity contribution in [3.63, 3.8) is 0 Å². The van der Waals surface area contributed by atoms with Crippen LogP contribution in [-0.4, -0.2) is 40.0 Å². The van der Waals surface area contributed by atoms with Crippen molar-refractivity contribution in [3.05, 3.63) is 27.9 Å². The summed E-state index contributed by atoms with van der Waals surface area (Å²) in [5, 5.41) is 15.4. The van der Waals surface area contributed by atoms with E-state index in [9.17, 15) is 9.59 Å². The van der Waals surface area contributed by atoms with Crippen LogP contribution in [0.15, 0.2) is 22.2 Å². The number of hydrogen-bond donors (Lipinski definition) is 1. The van der Waals surface area contributed by atoms with Gasteiger partial charge in [-0.3, -0.25) is 4.79 Å². The van der Waals surface area contributed by atoms with E-state index < -0.39 is 12.0 Å². The Morgan fingerprint density at radius 1 is 1.45 bits per heavy atom. The fourth-order valence-corrected chi connectivity index (χ4v) is 3.33. The minimum atomic E-state index is -1.00. The van der Waals surface area contributed by atoms with Crippen LogP contribution in [0.5, 0.6) is 0 Å². The van der Waals surface area contributed by atoms with Gasteiger partial charge in [0.2, 0.25) is 0 Å². The summed E-state index contributed by atoms with van der Waals surface area (Å²) in [6.45, 7) is 1.74. The molecular formula is C13H14N2O3S2. The fourth-order valence-electron chi connectivity index (χ4n) is 1.83. The van der Waals surface area contributed by atoms with Crippen LogP contribution >= 0.6 is 22.7 Å². The van der Waals surface area contributed by atoms with E-state index >= 15 is 0 Å². The molecule has 2 heterocycles. The number of carbonyl (C=O) groups is 2. The molecule has 1 unspecified atom stereocenters. The number of carbonyl (C=O) groups excluding carboxylic acids is 1. The van der Waals surface area contributed by atoms with Crippen molar-refractivity contribution in [1.29, 1.82) is 0 Å². The molecule has 0 saturated heterocycles. The third-order valence-corrected chi connectivity index (χ3v) is 4.53. The standard InChI is InChI=1S/C13H14N2O3S2/c1-3-10(13(17)18)15(2)12(16)9-7-20-11(14-9)8-4-5-19-6-8/h4-7,10H,3H2,1-2H3,(H,17,18). The number of carboxylic acid groups (broad SMARTS) is 1. The first-order chi connectivity index (χ1) is 9.54. The summed E-state index contributed by atoms with van der Waals surface area (Å²) < 4.78 is 0. The highest BCUT2D eigenvalue weighted by molar-refractivity contribution is 7.14. The van der Waals surface area contributed by atoms with Crippen molar-refractivity contribution in [1.82, 2.24) is 9.88 Å². The van der Waals surface area contributed by atoms with E-state index in [1.165, 1.54) is 23.3 Å². The molecule has 2 aromatic rings. The monoisotopic (exact) mass is 310 g/mol. The molecule has 0 bridgehead atoms. The van der Waals surface area contributed by atoms with Crippen molar-refractivity contribution in [2.45, 2.75) is 19.4 Å². The number of thiazole rings is 1. The molecule has 0 radical (unpaired) electrons. The van der Waals surface area contributed by atoms with Gasteiger partial charge >= 0.3 is 5.97 Å². The van der Waals surface area contributed by atoms with Crippen LogP contribution in [-0.2, 0) is 4.79 Å². The first kappa shape index (κ1) is 14.7. The summed E-state index contributed by atoms with van der Waals surface area (Å²) in [6, 6.07) is 1.11. The number of carboxylic acids is 1. The van der Waals surface area contributed by atoms with Crippen LogP contribution in [0.2, 0.25) is 0 Å². The average molecular weight is 310 g/mol. The Balaban J connectivity index is 2.19. The number of aliphatic carboxylic acids is 1. The Morgan fingerprint density at radius 2 is 2.20 bits per heavy atom. The average Bonchev–Trinajstić information content (AvgIpc) is 3.08. The van der Waals surface area contributed by atoms with Crippen molar-refractivity contribution in [2.75, 3.05) is 7.05 Å². The SMILES string of the molecule is CCC(C(=O)O)N(C)C(=O)c1csc(-c2ccsc2)n1. The van der Waals surface area contributed by atoms with Gasteiger partial charge in [0.05, 0.1) is 0 Å².